The molecule has 0 radical (unpaired) electrons. The minimum atomic E-state index is -0.595. The Bertz CT molecular complexity index is 1570. The number of fused-ring (bicyclic) bond motifs is 1. The van der Waals surface area contributed by atoms with Crippen LogP contribution in [0, 0.1) is 6.92 Å². The second-order valence-corrected chi connectivity index (χ2v) is 8.80. The first-order valence-electron chi connectivity index (χ1n) is 12.1. The third-order valence-corrected chi connectivity index (χ3v) is 6.46. The van der Waals surface area contributed by atoms with Crippen LogP contribution >= 0.6 is 0 Å². The van der Waals surface area contributed by atoms with Crippen LogP contribution in [0.3, 0.4) is 0 Å². The first-order valence-corrected chi connectivity index (χ1v) is 12.1. The van der Waals surface area contributed by atoms with Crippen molar-refractivity contribution in [3.63, 3.8) is 0 Å². The van der Waals surface area contributed by atoms with Crippen LogP contribution in [0.15, 0.2) is 102 Å². The summed E-state index contributed by atoms with van der Waals surface area (Å²) in [5.41, 5.74) is 5.57. The van der Waals surface area contributed by atoms with Crippen molar-refractivity contribution in [2.24, 2.45) is 0 Å². The van der Waals surface area contributed by atoms with Crippen molar-refractivity contribution in [3.05, 3.63) is 130 Å². The van der Waals surface area contributed by atoms with E-state index >= 15 is 0 Å². The van der Waals surface area contributed by atoms with Crippen LogP contribution in [-0.4, -0.2) is 21.7 Å². The molecule has 5 rings (SSSR count). The molecule has 2 heterocycles. The van der Waals surface area contributed by atoms with E-state index in [1.807, 2.05) is 78.2 Å². The Balaban J connectivity index is 1.86. The van der Waals surface area contributed by atoms with E-state index < -0.39 is 5.97 Å². The number of esters is 1. The van der Waals surface area contributed by atoms with Gasteiger partial charge in [-0.15, -0.1) is 0 Å². The molecule has 0 bridgehead atoms. The minimum Gasteiger partial charge on any atom is -0.462 e. The molecule has 3 aromatic carbocycles. The lowest BCUT2D eigenvalue weighted by Crippen LogP contribution is -2.21. The molecular weight excluding hydrogens is 448 g/mol. The topological polar surface area (TPSA) is 53.2 Å². The Kier molecular flexibility index (Phi) is 6.54. The Morgan fingerprint density at radius 2 is 1.36 bits per heavy atom. The van der Waals surface area contributed by atoms with Crippen molar-refractivity contribution in [3.8, 4) is 11.3 Å². The van der Waals surface area contributed by atoms with Gasteiger partial charge in [-0.3, -0.25) is 4.79 Å². The maximum atomic E-state index is 13.8. The van der Waals surface area contributed by atoms with E-state index in [2.05, 4.69) is 28.8 Å². The standard InChI is InChI=1S/C31H28N2O3/c1-3-36-31(35)26-21-32(19-23-13-7-4-8-14-23)29-27(30(26)34)22(2)33(20-24-15-9-5-10-16-24)28(29)25-17-11-6-12-18-25/h4-18,21H,3,19-20H2,1-2H3. The molecule has 36 heavy (non-hydrogen) atoms. The second-order valence-electron chi connectivity index (χ2n) is 8.80. The summed E-state index contributed by atoms with van der Waals surface area (Å²) in [4.78, 5) is 26.6. The molecule has 0 saturated heterocycles. The van der Waals surface area contributed by atoms with Crippen LogP contribution in [0.4, 0.5) is 0 Å². The quantitative estimate of drug-likeness (QED) is 0.269. The number of aryl methyl sites for hydroxylation is 1. The monoisotopic (exact) mass is 476 g/mol. The Labute approximate surface area is 210 Å². The predicted molar refractivity (Wildman–Crippen MR) is 143 cm³/mol. The lowest BCUT2D eigenvalue weighted by Gasteiger charge is -2.15. The lowest BCUT2D eigenvalue weighted by molar-refractivity contribution is 0.0524. The molecule has 2 aromatic heterocycles. The second kappa shape index (κ2) is 10.1. The highest BCUT2D eigenvalue weighted by atomic mass is 16.5. The van der Waals surface area contributed by atoms with Gasteiger partial charge in [0.25, 0.3) is 0 Å². The molecule has 0 aliphatic heterocycles. The number of hydrogen-bond acceptors (Lipinski definition) is 3. The highest BCUT2D eigenvalue weighted by Gasteiger charge is 2.25. The molecule has 0 saturated carbocycles. The average molecular weight is 477 g/mol. The van der Waals surface area contributed by atoms with Crippen molar-refractivity contribution in [1.29, 1.82) is 0 Å². The number of benzene rings is 3. The van der Waals surface area contributed by atoms with E-state index in [1.165, 1.54) is 0 Å². The normalized spacial score (nSPS) is 11.1. The fourth-order valence-electron chi connectivity index (χ4n) is 4.80. The van der Waals surface area contributed by atoms with E-state index in [1.54, 1.807) is 13.1 Å². The maximum Gasteiger partial charge on any atom is 0.343 e. The van der Waals surface area contributed by atoms with Crippen LogP contribution in [-0.2, 0) is 17.8 Å². The molecule has 0 aliphatic rings. The van der Waals surface area contributed by atoms with Crippen molar-refractivity contribution in [2.45, 2.75) is 26.9 Å². The molecule has 0 unspecified atom stereocenters. The minimum absolute atomic E-state index is 0.0554. The fourth-order valence-corrected chi connectivity index (χ4v) is 4.80. The Morgan fingerprint density at radius 3 is 1.94 bits per heavy atom. The molecule has 180 valence electrons. The summed E-state index contributed by atoms with van der Waals surface area (Å²) >= 11 is 0. The molecule has 5 nitrogen and oxygen atoms in total. The van der Waals surface area contributed by atoms with Gasteiger partial charge in [-0.2, -0.15) is 0 Å². The highest BCUT2D eigenvalue weighted by Crippen LogP contribution is 2.34. The van der Waals surface area contributed by atoms with Gasteiger partial charge >= 0.3 is 5.97 Å². The lowest BCUT2D eigenvalue weighted by atomic mass is 10.1. The van der Waals surface area contributed by atoms with Gasteiger partial charge in [-0.05, 0) is 25.0 Å². The van der Waals surface area contributed by atoms with Gasteiger partial charge in [0, 0.05) is 30.5 Å². The van der Waals surface area contributed by atoms with Crippen molar-refractivity contribution in [2.75, 3.05) is 6.61 Å². The number of hydrogen-bond donors (Lipinski definition) is 0. The molecule has 0 amide bonds. The molecular formula is C31H28N2O3. The Hall–Kier alpha value is -4.38. The van der Waals surface area contributed by atoms with E-state index in [-0.39, 0.29) is 17.6 Å². The summed E-state index contributed by atoms with van der Waals surface area (Å²) in [6.45, 7) is 5.02. The van der Waals surface area contributed by atoms with Gasteiger partial charge in [0.2, 0.25) is 5.43 Å². The Morgan fingerprint density at radius 1 is 0.806 bits per heavy atom. The fraction of sp³-hybridized carbons (Fsp3) is 0.161. The smallest absolute Gasteiger partial charge is 0.343 e. The van der Waals surface area contributed by atoms with Crippen molar-refractivity contribution in [1.82, 2.24) is 9.13 Å². The maximum absolute atomic E-state index is 13.8. The molecule has 0 spiro atoms. The van der Waals surface area contributed by atoms with Crippen LogP contribution in [0.2, 0.25) is 0 Å². The van der Waals surface area contributed by atoms with E-state index in [0.29, 0.717) is 18.5 Å². The van der Waals surface area contributed by atoms with Gasteiger partial charge in [-0.1, -0.05) is 91.0 Å². The number of carbonyl (C=O) groups is 1. The molecule has 0 N–H and O–H groups in total. The van der Waals surface area contributed by atoms with Gasteiger partial charge in [0.15, 0.2) is 0 Å². The van der Waals surface area contributed by atoms with E-state index in [4.69, 9.17) is 4.74 Å². The van der Waals surface area contributed by atoms with Crippen LogP contribution in [0.1, 0.15) is 34.1 Å². The first-order chi connectivity index (χ1) is 17.6. The average Bonchev–Trinajstić information content (AvgIpc) is 3.20. The third kappa shape index (κ3) is 4.36. The van der Waals surface area contributed by atoms with Crippen LogP contribution in [0.25, 0.3) is 22.2 Å². The van der Waals surface area contributed by atoms with Crippen molar-refractivity contribution < 1.29 is 9.53 Å². The van der Waals surface area contributed by atoms with E-state index in [9.17, 15) is 9.59 Å². The third-order valence-electron chi connectivity index (χ3n) is 6.46. The molecule has 0 aliphatic carbocycles. The van der Waals surface area contributed by atoms with Gasteiger partial charge in [0.1, 0.15) is 5.56 Å². The highest BCUT2D eigenvalue weighted by molar-refractivity contribution is 6.00. The number of pyridine rings is 1. The zero-order valence-corrected chi connectivity index (χ0v) is 20.5. The predicted octanol–water partition coefficient (Wildman–Crippen LogP) is 6.05. The summed E-state index contributed by atoms with van der Waals surface area (Å²) in [6.07, 6.45) is 1.66. The van der Waals surface area contributed by atoms with Crippen molar-refractivity contribution >= 4 is 16.9 Å². The summed E-state index contributed by atoms with van der Waals surface area (Å²) < 4.78 is 9.47. The summed E-state index contributed by atoms with van der Waals surface area (Å²) in [6, 6.07) is 30.4. The number of aromatic nitrogens is 2. The van der Waals surface area contributed by atoms with Crippen LogP contribution in [0.5, 0.6) is 0 Å². The molecule has 5 heteroatoms. The number of carbonyl (C=O) groups excluding carboxylic acids is 1. The number of nitrogens with zero attached hydrogens (tertiary/aromatic N) is 2. The largest absolute Gasteiger partial charge is 0.462 e. The van der Waals surface area contributed by atoms with Gasteiger partial charge in [-0.25, -0.2) is 4.79 Å². The van der Waals surface area contributed by atoms with Crippen LogP contribution < -0.4 is 5.43 Å². The SMILES string of the molecule is CCOC(=O)c1cn(Cc2ccccc2)c2c(-c3ccccc3)n(Cc3ccccc3)c(C)c2c1=O. The zero-order chi connectivity index (χ0) is 25.1. The summed E-state index contributed by atoms with van der Waals surface area (Å²) in [7, 11) is 0. The summed E-state index contributed by atoms with van der Waals surface area (Å²) in [5, 5.41) is 0.547. The number of ether oxygens (including phenoxy) is 1. The van der Waals surface area contributed by atoms with E-state index in [0.717, 1.165) is 33.6 Å². The van der Waals surface area contributed by atoms with Gasteiger partial charge < -0.3 is 13.9 Å². The number of rotatable bonds is 7. The molecule has 0 fully saturated rings. The molecule has 0 atom stereocenters. The first kappa shape index (κ1) is 23.4. The zero-order valence-electron chi connectivity index (χ0n) is 20.5. The summed E-state index contributed by atoms with van der Waals surface area (Å²) in [5.74, 6) is -0.595. The van der Waals surface area contributed by atoms with Gasteiger partial charge in [0.05, 0.1) is 23.2 Å². The molecule has 5 aromatic rings.